The maximum atomic E-state index is 12.5. The number of sulfone groups is 1. The van der Waals surface area contributed by atoms with Crippen molar-refractivity contribution in [3.63, 3.8) is 0 Å². The maximum Gasteiger partial charge on any atom is 0.256 e. The standard InChI is InChI=1S/C13H18N2O3S2/c1-15(10-5-8-20(17,18)9-6-10)13(16)11-4-3-7-14-12(11)19-2/h3-4,7,10H,5-6,8-9H2,1-2H3. The molecule has 1 aromatic rings. The van der Waals surface area contributed by atoms with E-state index in [1.54, 1.807) is 30.3 Å². The Bertz CT molecular complexity index is 587. The average molecular weight is 314 g/mol. The van der Waals surface area contributed by atoms with Crippen LogP contribution >= 0.6 is 11.8 Å². The summed E-state index contributed by atoms with van der Waals surface area (Å²) in [7, 11) is -1.17. The Morgan fingerprint density at radius 3 is 2.65 bits per heavy atom. The second kappa shape index (κ2) is 6.13. The zero-order valence-electron chi connectivity index (χ0n) is 11.6. The number of amides is 1. The van der Waals surface area contributed by atoms with E-state index in [4.69, 9.17) is 0 Å². The molecule has 5 nitrogen and oxygen atoms in total. The predicted molar refractivity (Wildman–Crippen MR) is 79.8 cm³/mol. The van der Waals surface area contributed by atoms with Crippen molar-refractivity contribution < 1.29 is 13.2 Å². The van der Waals surface area contributed by atoms with Gasteiger partial charge in [-0.1, -0.05) is 0 Å². The van der Waals surface area contributed by atoms with Crippen LogP contribution < -0.4 is 0 Å². The van der Waals surface area contributed by atoms with Crippen LogP contribution in [0.15, 0.2) is 23.4 Å². The Kier molecular flexibility index (Phi) is 4.70. The van der Waals surface area contributed by atoms with E-state index in [9.17, 15) is 13.2 Å². The number of carbonyl (C=O) groups is 1. The first-order chi connectivity index (χ1) is 9.44. The second-order valence-electron chi connectivity index (χ2n) is 4.86. The van der Waals surface area contributed by atoms with Crippen molar-refractivity contribution in [3.05, 3.63) is 23.9 Å². The van der Waals surface area contributed by atoms with Gasteiger partial charge in [-0.2, -0.15) is 0 Å². The molecular formula is C13H18N2O3S2. The van der Waals surface area contributed by atoms with Crippen LogP contribution in [-0.4, -0.2) is 55.1 Å². The summed E-state index contributed by atoms with van der Waals surface area (Å²) in [6.07, 6.45) is 4.57. The normalized spacial score (nSPS) is 18.7. The van der Waals surface area contributed by atoms with E-state index in [0.29, 0.717) is 23.4 Å². The number of carbonyl (C=O) groups excluding carboxylic acids is 1. The zero-order valence-corrected chi connectivity index (χ0v) is 13.2. The Labute approximate surface area is 123 Å². The highest BCUT2D eigenvalue weighted by Crippen LogP contribution is 2.22. The van der Waals surface area contributed by atoms with Gasteiger partial charge in [-0.15, -0.1) is 11.8 Å². The third-order valence-electron chi connectivity index (χ3n) is 3.59. The molecule has 7 heteroatoms. The van der Waals surface area contributed by atoms with Gasteiger partial charge in [0.1, 0.15) is 14.9 Å². The van der Waals surface area contributed by atoms with Gasteiger partial charge in [-0.05, 0) is 31.2 Å². The maximum absolute atomic E-state index is 12.5. The second-order valence-corrected chi connectivity index (χ2v) is 7.96. The first kappa shape index (κ1) is 15.3. The first-order valence-electron chi connectivity index (χ1n) is 6.41. The van der Waals surface area contributed by atoms with Crippen molar-refractivity contribution in [1.82, 2.24) is 9.88 Å². The van der Waals surface area contributed by atoms with Gasteiger partial charge in [-0.3, -0.25) is 4.79 Å². The molecule has 1 saturated heterocycles. The van der Waals surface area contributed by atoms with Crippen LogP contribution in [0.2, 0.25) is 0 Å². The fourth-order valence-corrected chi connectivity index (χ4v) is 4.34. The van der Waals surface area contributed by atoms with E-state index < -0.39 is 9.84 Å². The van der Waals surface area contributed by atoms with Crippen LogP contribution in [0.3, 0.4) is 0 Å². The fourth-order valence-electron chi connectivity index (χ4n) is 2.34. The number of thioether (sulfide) groups is 1. The quantitative estimate of drug-likeness (QED) is 0.790. The zero-order chi connectivity index (χ0) is 14.8. The molecule has 0 unspecified atom stereocenters. The van der Waals surface area contributed by atoms with Gasteiger partial charge in [0.25, 0.3) is 5.91 Å². The molecule has 1 aromatic heterocycles. The summed E-state index contributed by atoms with van der Waals surface area (Å²) < 4.78 is 22.9. The van der Waals surface area contributed by atoms with E-state index in [1.165, 1.54) is 11.8 Å². The van der Waals surface area contributed by atoms with Gasteiger partial charge < -0.3 is 4.90 Å². The number of rotatable bonds is 3. The third-order valence-corrected chi connectivity index (χ3v) is 6.01. The number of aromatic nitrogens is 1. The van der Waals surface area contributed by atoms with Crippen molar-refractivity contribution in [1.29, 1.82) is 0 Å². The smallest absolute Gasteiger partial charge is 0.256 e. The molecule has 20 heavy (non-hydrogen) atoms. The van der Waals surface area contributed by atoms with Crippen LogP contribution in [0.25, 0.3) is 0 Å². The van der Waals surface area contributed by atoms with Crippen molar-refractivity contribution >= 4 is 27.5 Å². The van der Waals surface area contributed by atoms with E-state index in [2.05, 4.69) is 4.98 Å². The first-order valence-corrected chi connectivity index (χ1v) is 9.46. The van der Waals surface area contributed by atoms with E-state index in [1.807, 2.05) is 6.26 Å². The molecule has 0 atom stereocenters. The van der Waals surface area contributed by atoms with E-state index in [0.717, 1.165) is 0 Å². The molecule has 110 valence electrons. The molecular weight excluding hydrogens is 296 g/mol. The van der Waals surface area contributed by atoms with Crippen LogP contribution in [0.1, 0.15) is 23.2 Å². The third kappa shape index (κ3) is 3.32. The topological polar surface area (TPSA) is 67.3 Å². The number of hydrogen-bond acceptors (Lipinski definition) is 5. The summed E-state index contributed by atoms with van der Waals surface area (Å²) >= 11 is 1.43. The van der Waals surface area contributed by atoms with Crippen LogP contribution in [0.5, 0.6) is 0 Å². The SMILES string of the molecule is CSc1ncccc1C(=O)N(C)C1CCS(=O)(=O)CC1. The highest BCUT2D eigenvalue weighted by Gasteiger charge is 2.29. The Morgan fingerprint density at radius 2 is 2.05 bits per heavy atom. The van der Waals surface area contributed by atoms with Crippen molar-refractivity contribution in [2.75, 3.05) is 24.8 Å². The summed E-state index contributed by atoms with van der Waals surface area (Å²) in [5, 5.41) is 0.702. The molecule has 0 aliphatic carbocycles. The summed E-state index contributed by atoms with van der Waals surface area (Å²) in [6.45, 7) is 0. The molecule has 1 aliphatic heterocycles. The minimum Gasteiger partial charge on any atom is -0.339 e. The highest BCUT2D eigenvalue weighted by atomic mass is 32.2. The lowest BCUT2D eigenvalue weighted by Gasteiger charge is -2.31. The van der Waals surface area contributed by atoms with Crippen LogP contribution in [0, 0.1) is 0 Å². The molecule has 2 rings (SSSR count). The van der Waals surface area contributed by atoms with Gasteiger partial charge in [-0.25, -0.2) is 13.4 Å². The lowest BCUT2D eigenvalue weighted by molar-refractivity contribution is 0.0717. The minimum atomic E-state index is -2.91. The molecule has 0 radical (unpaired) electrons. The molecule has 0 N–H and O–H groups in total. The number of hydrogen-bond donors (Lipinski definition) is 0. The van der Waals surface area contributed by atoms with Gasteiger partial charge in [0.15, 0.2) is 0 Å². The van der Waals surface area contributed by atoms with Gasteiger partial charge in [0, 0.05) is 19.3 Å². The summed E-state index contributed by atoms with van der Waals surface area (Å²) in [5.74, 6) is 0.238. The van der Waals surface area contributed by atoms with Crippen LogP contribution in [-0.2, 0) is 9.84 Å². The molecule has 1 aliphatic rings. The molecule has 0 spiro atoms. The summed E-state index contributed by atoms with van der Waals surface area (Å²) in [4.78, 5) is 18.4. The molecule has 1 amide bonds. The Morgan fingerprint density at radius 1 is 1.40 bits per heavy atom. The summed E-state index contributed by atoms with van der Waals surface area (Å²) in [5.41, 5.74) is 0.580. The molecule has 0 saturated carbocycles. The number of nitrogens with zero attached hydrogens (tertiary/aromatic N) is 2. The predicted octanol–water partition coefficient (Wildman–Crippen LogP) is 1.45. The highest BCUT2D eigenvalue weighted by molar-refractivity contribution is 7.98. The fraction of sp³-hybridized carbons (Fsp3) is 0.538. The van der Waals surface area contributed by atoms with E-state index >= 15 is 0 Å². The lowest BCUT2D eigenvalue weighted by Crippen LogP contribution is -2.42. The molecule has 0 aromatic carbocycles. The van der Waals surface area contributed by atoms with Gasteiger partial charge in [0.2, 0.25) is 0 Å². The van der Waals surface area contributed by atoms with Crippen molar-refractivity contribution in [3.8, 4) is 0 Å². The van der Waals surface area contributed by atoms with Gasteiger partial charge >= 0.3 is 0 Å². The van der Waals surface area contributed by atoms with Gasteiger partial charge in [0.05, 0.1) is 17.1 Å². The Hall–Kier alpha value is -1.08. The monoisotopic (exact) mass is 314 g/mol. The van der Waals surface area contributed by atoms with E-state index in [-0.39, 0.29) is 23.5 Å². The Balaban J connectivity index is 2.13. The molecule has 1 fully saturated rings. The van der Waals surface area contributed by atoms with Crippen molar-refractivity contribution in [2.45, 2.75) is 23.9 Å². The molecule has 2 heterocycles. The molecule has 0 bridgehead atoms. The average Bonchev–Trinajstić information content (AvgIpc) is 2.45. The minimum absolute atomic E-state index is 0.0130. The van der Waals surface area contributed by atoms with Crippen molar-refractivity contribution in [2.24, 2.45) is 0 Å². The summed E-state index contributed by atoms with van der Waals surface area (Å²) in [6, 6.07) is 3.49. The largest absolute Gasteiger partial charge is 0.339 e. The van der Waals surface area contributed by atoms with Crippen LogP contribution in [0.4, 0.5) is 0 Å². The number of pyridine rings is 1. The lowest BCUT2D eigenvalue weighted by atomic mass is 10.1.